The second kappa shape index (κ2) is 9.70. The maximum absolute atomic E-state index is 11.0. The average molecular weight is 415 g/mol. The minimum absolute atomic E-state index is 0.00743. The highest BCUT2D eigenvalue weighted by atomic mass is 19.4. The van der Waals surface area contributed by atoms with Gasteiger partial charge < -0.3 is 20.2 Å². The first-order valence-electron chi connectivity index (χ1n) is 8.94. The summed E-state index contributed by atoms with van der Waals surface area (Å²) in [4.78, 5) is 20.0. The number of carbonyl (C=O) groups is 1. The van der Waals surface area contributed by atoms with Gasteiger partial charge in [0.1, 0.15) is 12.3 Å². The predicted octanol–water partition coefficient (Wildman–Crippen LogP) is 1.88. The van der Waals surface area contributed by atoms with Gasteiger partial charge in [0.25, 0.3) is 0 Å². The number of piperazine rings is 1. The lowest BCUT2D eigenvalue weighted by molar-refractivity contribution is -0.132. The van der Waals surface area contributed by atoms with E-state index in [1.54, 1.807) is 18.5 Å². The van der Waals surface area contributed by atoms with E-state index in [-0.39, 0.29) is 17.7 Å². The summed E-state index contributed by atoms with van der Waals surface area (Å²) < 4.78 is 39.0. The van der Waals surface area contributed by atoms with Crippen LogP contribution in [0.2, 0.25) is 0 Å². The maximum atomic E-state index is 11.0. The van der Waals surface area contributed by atoms with Crippen LogP contribution in [-0.2, 0) is 10.3 Å². The molecule has 2 aromatic heterocycles. The molecule has 1 aliphatic rings. The van der Waals surface area contributed by atoms with Crippen LogP contribution in [-0.4, -0.2) is 65.3 Å². The van der Waals surface area contributed by atoms with Gasteiger partial charge >= 0.3 is 6.18 Å². The lowest BCUT2D eigenvalue weighted by atomic mass is 10.0. The topological polar surface area (TPSA) is 104 Å². The van der Waals surface area contributed by atoms with Crippen LogP contribution in [0.5, 0.6) is 5.75 Å². The van der Waals surface area contributed by atoms with Crippen molar-refractivity contribution in [1.29, 1.82) is 0 Å². The van der Waals surface area contributed by atoms with Crippen molar-refractivity contribution < 1.29 is 27.5 Å². The minimum Gasteiger partial charge on any atom is -0.506 e. The van der Waals surface area contributed by atoms with Gasteiger partial charge in [0.05, 0.1) is 17.9 Å². The molecule has 1 aliphatic heterocycles. The molecule has 1 saturated heterocycles. The Kier molecular flexibility index (Phi) is 7.57. The Morgan fingerprint density at radius 1 is 1.28 bits per heavy atom. The summed E-state index contributed by atoms with van der Waals surface area (Å²) in [5.74, 6) is 1.42. The molecular weight excluding hydrogens is 391 g/mol. The van der Waals surface area contributed by atoms with Gasteiger partial charge in [-0.25, -0.2) is 4.98 Å². The van der Waals surface area contributed by atoms with Gasteiger partial charge in [-0.15, -0.1) is 0 Å². The highest BCUT2D eigenvalue weighted by Gasteiger charge is 2.34. The van der Waals surface area contributed by atoms with Crippen molar-refractivity contribution in [1.82, 2.24) is 25.5 Å². The van der Waals surface area contributed by atoms with Gasteiger partial charge in [-0.3, -0.25) is 14.7 Å². The van der Waals surface area contributed by atoms with Crippen molar-refractivity contribution in [2.24, 2.45) is 0 Å². The minimum atomic E-state index is -4.29. The summed E-state index contributed by atoms with van der Waals surface area (Å²) in [6.45, 7) is 6.89. The van der Waals surface area contributed by atoms with Gasteiger partial charge in [0, 0.05) is 37.9 Å². The summed E-state index contributed by atoms with van der Waals surface area (Å²) in [5.41, 5.74) is 0.467. The molecule has 0 aliphatic carbocycles. The summed E-state index contributed by atoms with van der Waals surface area (Å²) in [7, 11) is 0. The van der Waals surface area contributed by atoms with Crippen LogP contribution in [0.15, 0.2) is 29.1 Å². The van der Waals surface area contributed by atoms with Gasteiger partial charge in [-0.2, -0.15) is 13.2 Å². The third kappa shape index (κ3) is 6.71. The zero-order valence-electron chi connectivity index (χ0n) is 16.2. The SMILES string of the molecule is CC(C)(c1ncc(-c2cncc(O)c2)o1)N1CCNCC1.O=CNCC(F)(F)F. The van der Waals surface area contributed by atoms with Crippen LogP contribution < -0.4 is 10.6 Å². The highest BCUT2D eigenvalue weighted by molar-refractivity contribution is 5.56. The molecule has 0 spiro atoms. The smallest absolute Gasteiger partial charge is 0.405 e. The van der Waals surface area contributed by atoms with Crippen molar-refractivity contribution in [2.45, 2.75) is 25.6 Å². The summed E-state index contributed by atoms with van der Waals surface area (Å²) in [6, 6.07) is 1.62. The molecular formula is C18H24F3N5O3. The van der Waals surface area contributed by atoms with Crippen molar-refractivity contribution in [3.05, 3.63) is 30.5 Å². The number of carbonyl (C=O) groups excluding carboxylic acids is 1. The number of rotatable bonds is 5. The lowest BCUT2D eigenvalue weighted by Crippen LogP contribution is -2.51. The van der Waals surface area contributed by atoms with E-state index in [1.807, 2.05) is 0 Å². The molecule has 3 heterocycles. The zero-order chi connectivity index (χ0) is 21.5. The van der Waals surface area contributed by atoms with Crippen LogP contribution in [0.1, 0.15) is 19.7 Å². The fourth-order valence-electron chi connectivity index (χ4n) is 2.77. The first kappa shape index (κ1) is 22.6. The van der Waals surface area contributed by atoms with Gasteiger partial charge in [0.2, 0.25) is 12.3 Å². The van der Waals surface area contributed by atoms with Gasteiger partial charge in [0.15, 0.2) is 5.76 Å². The maximum Gasteiger partial charge on any atom is 0.405 e. The molecule has 0 radical (unpaired) electrons. The quantitative estimate of drug-likeness (QED) is 0.641. The summed E-state index contributed by atoms with van der Waals surface area (Å²) in [6.07, 6.45) is 0.456. The monoisotopic (exact) mass is 415 g/mol. The normalized spacial score (nSPS) is 15.3. The molecule has 0 saturated carbocycles. The number of amides is 1. The number of aromatic hydroxyl groups is 1. The largest absolute Gasteiger partial charge is 0.506 e. The fraction of sp³-hybridized carbons (Fsp3) is 0.500. The first-order valence-corrected chi connectivity index (χ1v) is 8.94. The second-order valence-corrected chi connectivity index (χ2v) is 6.87. The van der Waals surface area contributed by atoms with E-state index in [1.165, 1.54) is 11.5 Å². The molecule has 3 rings (SSSR count). The molecule has 11 heteroatoms. The number of alkyl halides is 3. The van der Waals surface area contributed by atoms with Crippen LogP contribution in [0.25, 0.3) is 11.3 Å². The number of hydrogen-bond donors (Lipinski definition) is 3. The molecule has 160 valence electrons. The summed E-state index contributed by atoms with van der Waals surface area (Å²) in [5, 5.41) is 14.3. The second-order valence-electron chi connectivity index (χ2n) is 6.87. The molecule has 0 unspecified atom stereocenters. The van der Waals surface area contributed by atoms with Crippen LogP contribution in [0.3, 0.4) is 0 Å². The molecule has 0 atom stereocenters. The highest BCUT2D eigenvalue weighted by Crippen LogP contribution is 2.31. The number of oxazole rings is 1. The molecule has 0 bridgehead atoms. The number of hydrogen-bond acceptors (Lipinski definition) is 7. The molecule has 29 heavy (non-hydrogen) atoms. The Morgan fingerprint density at radius 3 is 2.52 bits per heavy atom. The average Bonchev–Trinajstić information content (AvgIpc) is 3.18. The first-order chi connectivity index (χ1) is 13.6. The molecule has 3 N–H and O–H groups in total. The Hall–Kier alpha value is -2.66. The van der Waals surface area contributed by atoms with E-state index in [4.69, 9.17) is 4.42 Å². The molecule has 2 aromatic rings. The third-order valence-corrected chi connectivity index (χ3v) is 4.33. The van der Waals surface area contributed by atoms with Crippen molar-refractivity contribution in [3.63, 3.8) is 0 Å². The van der Waals surface area contributed by atoms with E-state index < -0.39 is 12.7 Å². The Labute approximate surface area is 166 Å². The van der Waals surface area contributed by atoms with Gasteiger partial charge in [-0.05, 0) is 19.9 Å². The van der Waals surface area contributed by atoms with E-state index in [0.29, 0.717) is 11.7 Å². The third-order valence-electron chi connectivity index (χ3n) is 4.33. The number of nitrogens with zero attached hydrogens (tertiary/aromatic N) is 3. The van der Waals surface area contributed by atoms with Crippen molar-refractivity contribution in [3.8, 4) is 17.1 Å². The number of halogens is 3. The van der Waals surface area contributed by atoms with Crippen molar-refractivity contribution in [2.75, 3.05) is 32.7 Å². The molecule has 1 amide bonds. The Bertz CT molecular complexity index is 789. The van der Waals surface area contributed by atoms with Crippen molar-refractivity contribution >= 4 is 6.41 Å². The standard InChI is InChI=1S/C15H20N4O2.C3H4F3NO/c1-15(2,19-5-3-16-4-6-19)14-18-10-13(21-14)11-7-12(20)9-17-8-11;4-3(5,6)1-7-2-8/h7-10,16,20H,3-6H2,1-2H3;2H,1H2,(H,7,8). The van der Waals surface area contributed by atoms with E-state index in [2.05, 4.69) is 34.0 Å². The van der Waals surface area contributed by atoms with Crippen LogP contribution in [0, 0.1) is 0 Å². The fourth-order valence-corrected chi connectivity index (χ4v) is 2.77. The molecule has 1 fully saturated rings. The Morgan fingerprint density at radius 2 is 1.97 bits per heavy atom. The lowest BCUT2D eigenvalue weighted by Gasteiger charge is -2.38. The van der Waals surface area contributed by atoms with Crippen LogP contribution in [0.4, 0.5) is 13.2 Å². The zero-order valence-corrected chi connectivity index (χ0v) is 16.2. The number of pyridine rings is 1. The van der Waals surface area contributed by atoms with Gasteiger partial charge in [-0.1, -0.05) is 0 Å². The predicted molar refractivity (Wildman–Crippen MR) is 99.0 cm³/mol. The van der Waals surface area contributed by atoms with E-state index >= 15 is 0 Å². The summed E-state index contributed by atoms with van der Waals surface area (Å²) >= 11 is 0. The van der Waals surface area contributed by atoms with E-state index in [9.17, 15) is 23.1 Å². The Balaban J connectivity index is 0.000000321. The number of aromatic nitrogens is 2. The molecule has 8 nitrogen and oxygen atoms in total. The molecule has 0 aromatic carbocycles. The van der Waals surface area contributed by atoms with E-state index in [0.717, 1.165) is 31.7 Å². The number of nitrogens with one attached hydrogen (secondary N) is 2. The van der Waals surface area contributed by atoms with Crippen LogP contribution >= 0.6 is 0 Å².